The van der Waals surface area contributed by atoms with Crippen LogP contribution in [0.2, 0.25) is 0 Å². The summed E-state index contributed by atoms with van der Waals surface area (Å²) < 4.78 is 14.9. The maximum Gasteiger partial charge on any atom is 0.284 e. The van der Waals surface area contributed by atoms with Crippen molar-refractivity contribution in [1.29, 1.82) is 0 Å². The highest BCUT2D eigenvalue weighted by molar-refractivity contribution is 8.29. The van der Waals surface area contributed by atoms with E-state index >= 15 is 0 Å². The van der Waals surface area contributed by atoms with Gasteiger partial charge in [0.25, 0.3) is 18.5 Å². The van der Waals surface area contributed by atoms with Crippen molar-refractivity contribution in [3.8, 4) is 0 Å². The number of rotatable bonds is 1. The molecule has 0 fully saturated rings. The summed E-state index contributed by atoms with van der Waals surface area (Å²) in [6.45, 7) is -3.25. The molecule has 0 radical (unpaired) electrons. The molecule has 16 heteroatoms. The molecule has 1 aliphatic heterocycles. The van der Waals surface area contributed by atoms with Crippen LogP contribution >= 0.6 is 114 Å². The Morgan fingerprint density at radius 2 is 1.19 bits per heavy atom. The predicted molar refractivity (Wildman–Crippen MR) is 84.2 cm³/mol. The topological polar surface area (TPSA) is 49.4 Å². The van der Waals surface area contributed by atoms with E-state index in [-0.39, 0.29) is 0 Å². The molecule has 0 N–H and O–H groups in total. The Labute approximate surface area is 130 Å². The van der Waals surface area contributed by atoms with Gasteiger partial charge < -0.3 is 0 Å². The van der Waals surface area contributed by atoms with Gasteiger partial charge in [-0.1, -0.05) is 0 Å². The molecule has 16 heavy (non-hydrogen) atoms. The summed E-state index contributed by atoms with van der Waals surface area (Å²) in [5.41, 5.74) is 0. The van der Waals surface area contributed by atoms with Crippen LogP contribution in [0.25, 0.3) is 0 Å². The summed E-state index contributed by atoms with van der Waals surface area (Å²) in [7, 11) is 0. The number of hydrogen-bond donors (Lipinski definition) is 0. The second-order valence-corrected chi connectivity index (χ2v) is 22.7. The lowest BCUT2D eigenvalue weighted by molar-refractivity contribution is 1.72. The van der Waals surface area contributed by atoms with Crippen LogP contribution in [0.1, 0.15) is 0 Å². The van der Waals surface area contributed by atoms with E-state index in [0.717, 1.165) is 0 Å². The fourth-order valence-electron chi connectivity index (χ4n) is 0.622. The summed E-state index contributed by atoms with van der Waals surface area (Å²) >= 11 is 45.8. The molecular weight excluding hydrogens is 464 g/mol. The average molecular weight is 464 g/mol. The SMILES string of the molecule is ClP(Cl)(Cl)=NP1(Cl)=NP(Cl)(Cl)=NP(Cl)(Cl)=N1. The second kappa shape index (κ2) is 5.55. The zero-order valence-electron chi connectivity index (χ0n) is 6.60. The van der Waals surface area contributed by atoms with Gasteiger partial charge in [-0.15, -0.1) is 0 Å². The lowest BCUT2D eigenvalue weighted by Gasteiger charge is -2.18. The Kier molecular flexibility index (Phi) is 6.00. The Hall–Kier alpha value is 3.24. The first-order valence-electron chi connectivity index (χ1n) is 2.95. The second-order valence-electron chi connectivity index (χ2n) is 2.18. The van der Waals surface area contributed by atoms with Crippen molar-refractivity contribution >= 4 is 114 Å². The van der Waals surface area contributed by atoms with Crippen molar-refractivity contribution in [2.75, 3.05) is 0 Å². The smallest absolute Gasteiger partial charge is 0.185 e. The predicted octanol–water partition coefficient (Wildman–Crippen LogP) is 9.70. The fraction of sp³-hybridized carbons (Fsp3) is 0. The van der Waals surface area contributed by atoms with Gasteiger partial charge in [-0.05, 0) is 89.9 Å². The Morgan fingerprint density at radius 3 is 1.56 bits per heavy atom. The number of hydrogen-bond acceptors (Lipinski definition) is 4. The molecule has 0 aromatic heterocycles. The summed E-state index contributed by atoms with van der Waals surface area (Å²) in [6, 6.07) is 0. The Bertz CT molecular complexity index is 494. The zero-order valence-corrected chi connectivity index (χ0v) is 16.2. The monoisotopic (exact) mass is 460 g/mol. The molecule has 1 unspecified atom stereocenters. The minimum Gasteiger partial charge on any atom is -0.185 e. The molecular formula is Cl8N4P4. The van der Waals surface area contributed by atoms with E-state index in [2.05, 4.69) is 18.1 Å². The van der Waals surface area contributed by atoms with E-state index < -0.39 is 23.6 Å². The van der Waals surface area contributed by atoms with Gasteiger partial charge in [0.05, 0.1) is 0 Å². The van der Waals surface area contributed by atoms with E-state index in [4.69, 9.17) is 89.9 Å². The lowest BCUT2D eigenvalue weighted by atomic mass is 13.8. The Balaban J connectivity index is 3.57. The molecule has 1 rings (SSSR count). The number of nitrogens with zero attached hydrogens (tertiary/aromatic N) is 4. The average Bonchev–Trinajstić information content (AvgIpc) is 1.66. The van der Waals surface area contributed by atoms with Crippen LogP contribution in [0.5, 0.6) is 0 Å². The third kappa shape index (κ3) is 6.13. The van der Waals surface area contributed by atoms with Crippen LogP contribution in [0.3, 0.4) is 0 Å². The first-order chi connectivity index (χ1) is 6.83. The van der Waals surface area contributed by atoms with E-state index in [9.17, 15) is 0 Å². The zero-order chi connectivity index (χ0) is 12.8. The van der Waals surface area contributed by atoms with Crippen LogP contribution < -0.4 is 0 Å². The van der Waals surface area contributed by atoms with E-state index in [1.807, 2.05) is 0 Å². The molecule has 1 atom stereocenters. The maximum atomic E-state index is 5.97. The molecule has 0 aliphatic carbocycles. The van der Waals surface area contributed by atoms with Crippen LogP contribution in [-0.2, 0) is 0 Å². The van der Waals surface area contributed by atoms with Crippen molar-refractivity contribution in [2.45, 2.75) is 0 Å². The largest absolute Gasteiger partial charge is 0.284 e. The standard InChI is InChI=1S/Cl8N4P4/c1-13(2,3)9-16(8)11-14(4,5)10-15(6,7)12-16. The third-order valence-corrected chi connectivity index (χ3v) is 16.4. The van der Waals surface area contributed by atoms with Crippen molar-refractivity contribution in [2.24, 2.45) is 18.1 Å². The van der Waals surface area contributed by atoms with Gasteiger partial charge in [0.15, 0.2) is 0 Å². The molecule has 1 heterocycles. The normalized spacial score (nSPS) is 32.0. The first-order valence-corrected chi connectivity index (χ1v) is 17.0. The van der Waals surface area contributed by atoms with Gasteiger partial charge in [-0.2, -0.15) is 18.1 Å². The molecule has 0 aromatic rings. The molecule has 0 saturated carbocycles. The highest BCUT2D eigenvalue weighted by Crippen LogP contribution is 2.89. The van der Waals surface area contributed by atoms with Crippen molar-refractivity contribution in [3.63, 3.8) is 0 Å². The minimum atomic E-state index is -3.25. The first kappa shape index (κ1) is 17.3. The van der Waals surface area contributed by atoms with Crippen LogP contribution in [-0.4, -0.2) is 0 Å². The molecule has 0 saturated heterocycles. The molecule has 0 amide bonds. The van der Waals surface area contributed by atoms with Gasteiger partial charge in [0, 0.05) is 0 Å². The van der Waals surface area contributed by atoms with Crippen molar-refractivity contribution in [1.82, 2.24) is 0 Å². The Morgan fingerprint density at radius 1 is 0.750 bits per heavy atom. The highest BCUT2D eigenvalue weighted by atomic mass is 36.0. The number of halogens is 8. The van der Waals surface area contributed by atoms with E-state index in [1.54, 1.807) is 0 Å². The molecule has 0 spiro atoms. The van der Waals surface area contributed by atoms with E-state index in [1.165, 1.54) is 0 Å². The lowest BCUT2D eigenvalue weighted by Crippen LogP contribution is -1.66. The summed E-state index contributed by atoms with van der Waals surface area (Å²) in [6.07, 6.45) is 0. The highest BCUT2D eigenvalue weighted by Gasteiger charge is 2.33. The van der Waals surface area contributed by atoms with E-state index in [0.29, 0.717) is 0 Å². The van der Waals surface area contributed by atoms with Gasteiger partial charge >= 0.3 is 0 Å². The summed E-state index contributed by atoms with van der Waals surface area (Å²) in [5.74, 6) is -6.23. The summed E-state index contributed by atoms with van der Waals surface area (Å²) in [5, 5.41) is -3.13. The molecule has 0 aromatic carbocycles. The van der Waals surface area contributed by atoms with Gasteiger partial charge in [0.2, 0.25) is 5.11 Å². The quantitative estimate of drug-likeness (QED) is 0.348. The van der Waals surface area contributed by atoms with Crippen LogP contribution in [0.15, 0.2) is 18.1 Å². The van der Waals surface area contributed by atoms with Crippen LogP contribution in [0, 0.1) is 0 Å². The van der Waals surface area contributed by atoms with Gasteiger partial charge in [-0.3, -0.25) is 0 Å². The molecule has 0 bridgehead atoms. The molecule has 96 valence electrons. The van der Waals surface area contributed by atoms with Crippen LogP contribution in [0.4, 0.5) is 0 Å². The minimum absolute atomic E-state index is 3.11. The van der Waals surface area contributed by atoms with Gasteiger partial charge in [-0.25, -0.2) is 0 Å². The van der Waals surface area contributed by atoms with Crippen molar-refractivity contribution < 1.29 is 0 Å². The molecule has 4 nitrogen and oxygen atoms in total. The van der Waals surface area contributed by atoms with Crippen molar-refractivity contribution in [3.05, 3.63) is 0 Å². The maximum absolute atomic E-state index is 5.97. The summed E-state index contributed by atoms with van der Waals surface area (Å²) in [4.78, 5) is 0. The molecule has 1 aliphatic rings. The third-order valence-electron chi connectivity index (χ3n) is 0.873. The fourth-order valence-corrected chi connectivity index (χ4v) is 22.8. The van der Waals surface area contributed by atoms with Gasteiger partial charge in [0.1, 0.15) is 0 Å².